The number of rotatable bonds is 6. The van der Waals surface area contributed by atoms with Crippen molar-refractivity contribution in [3.8, 4) is 5.75 Å². The first-order valence-corrected chi connectivity index (χ1v) is 6.92. The zero-order valence-electron chi connectivity index (χ0n) is 10.3. The number of nitrogens with two attached hydrogens (primary N) is 1. The van der Waals surface area contributed by atoms with Crippen LogP contribution in [-0.4, -0.2) is 33.1 Å². The summed E-state index contributed by atoms with van der Waals surface area (Å²) in [4.78, 5) is 22.0. The second kappa shape index (κ2) is 6.19. The maximum Gasteiger partial charge on any atom is 0.243 e. The highest BCUT2D eigenvalue weighted by Gasteiger charge is 2.17. The first-order chi connectivity index (χ1) is 8.82. The van der Waals surface area contributed by atoms with E-state index in [1.807, 2.05) is 0 Å². The lowest BCUT2D eigenvalue weighted by molar-refractivity contribution is -0.118. The van der Waals surface area contributed by atoms with Gasteiger partial charge in [0.2, 0.25) is 21.8 Å². The molecule has 0 aliphatic carbocycles. The van der Waals surface area contributed by atoms with Crippen LogP contribution in [0.1, 0.15) is 5.56 Å². The zero-order chi connectivity index (χ0) is 14.5. The molecule has 0 fully saturated rings. The van der Waals surface area contributed by atoms with E-state index in [1.54, 1.807) is 29.0 Å². The van der Waals surface area contributed by atoms with Crippen LogP contribution in [0.3, 0.4) is 0 Å². The molecule has 104 valence electrons. The van der Waals surface area contributed by atoms with Crippen molar-refractivity contribution in [1.82, 2.24) is 4.72 Å². The maximum absolute atomic E-state index is 11.5. The highest BCUT2D eigenvalue weighted by molar-refractivity contribution is 7.90. The number of amides is 2. The average Bonchev–Trinajstić information content (AvgIpc) is 2.27. The Morgan fingerprint density at radius 3 is 2.32 bits per heavy atom. The summed E-state index contributed by atoms with van der Waals surface area (Å²) in [5.41, 5.74) is 5.37. The molecule has 1 aromatic carbocycles. The lowest BCUT2D eigenvalue weighted by Crippen LogP contribution is -2.37. The molecule has 19 heavy (non-hydrogen) atoms. The normalized spacial score (nSPS) is 10.8. The van der Waals surface area contributed by atoms with Crippen molar-refractivity contribution in [2.45, 2.75) is 6.42 Å². The minimum Gasteiger partial charge on any atom is -0.497 e. The Hall–Kier alpha value is -2.09. The summed E-state index contributed by atoms with van der Waals surface area (Å²) in [6, 6.07) is 6.58. The summed E-state index contributed by atoms with van der Waals surface area (Å²) in [6.45, 7) is 0. The Labute approximate surface area is 110 Å². The molecule has 0 aliphatic heterocycles. The summed E-state index contributed by atoms with van der Waals surface area (Å²) >= 11 is 0. The molecule has 1 aromatic rings. The van der Waals surface area contributed by atoms with Gasteiger partial charge in [0, 0.05) is 0 Å². The molecule has 1 rings (SSSR count). The molecule has 0 aliphatic rings. The molecule has 0 unspecified atom stereocenters. The highest BCUT2D eigenvalue weighted by Crippen LogP contribution is 2.11. The molecular weight excluding hydrogens is 272 g/mol. The number of nitrogens with one attached hydrogen (secondary N) is 1. The van der Waals surface area contributed by atoms with Gasteiger partial charge in [-0.1, -0.05) is 12.1 Å². The number of ether oxygens (including phenoxy) is 1. The third kappa shape index (κ3) is 5.38. The number of hydrogen-bond acceptors (Lipinski definition) is 5. The van der Waals surface area contributed by atoms with Crippen LogP contribution >= 0.6 is 0 Å². The van der Waals surface area contributed by atoms with Crippen molar-refractivity contribution < 1.29 is 22.7 Å². The lowest BCUT2D eigenvalue weighted by Gasteiger charge is -2.06. The molecule has 0 bridgehead atoms. The van der Waals surface area contributed by atoms with Crippen molar-refractivity contribution in [1.29, 1.82) is 0 Å². The molecule has 0 spiro atoms. The van der Waals surface area contributed by atoms with Crippen LogP contribution in [0.5, 0.6) is 5.75 Å². The van der Waals surface area contributed by atoms with Gasteiger partial charge in [0.25, 0.3) is 0 Å². The standard InChI is InChI=1S/C11H14N2O5S/c1-18-9-4-2-8(3-5-9)6-11(15)13-19(16,17)7-10(12)14/h2-5H,6-7H2,1H3,(H2,12,14)(H,13,15). The zero-order valence-corrected chi connectivity index (χ0v) is 11.1. The molecule has 0 atom stereocenters. The van der Waals surface area contributed by atoms with Gasteiger partial charge in [-0.3, -0.25) is 14.3 Å². The molecule has 8 heteroatoms. The van der Waals surface area contributed by atoms with Gasteiger partial charge in [-0.15, -0.1) is 0 Å². The van der Waals surface area contributed by atoms with Crippen molar-refractivity contribution in [3.63, 3.8) is 0 Å². The molecule has 3 N–H and O–H groups in total. The van der Waals surface area contributed by atoms with E-state index in [0.29, 0.717) is 11.3 Å². The SMILES string of the molecule is COc1ccc(CC(=O)NS(=O)(=O)CC(N)=O)cc1. The fraction of sp³-hybridized carbons (Fsp3) is 0.273. The number of benzene rings is 1. The Bertz CT molecular complexity index is 565. The number of sulfonamides is 1. The summed E-state index contributed by atoms with van der Waals surface area (Å²) in [6.07, 6.45) is -0.123. The van der Waals surface area contributed by atoms with E-state index in [4.69, 9.17) is 10.5 Å². The van der Waals surface area contributed by atoms with Crippen molar-refractivity contribution in [3.05, 3.63) is 29.8 Å². The average molecular weight is 286 g/mol. The van der Waals surface area contributed by atoms with Gasteiger partial charge >= 0.3 is 0 Å². The monoisotopic (exact) mass is 286 g/mol. The molecule has 0 aromatic heterocycles. The number of methoxy groups -OCH3 is 1. The van der Waals surface area contributed by atoms with Crippen LogP contribution < -0.4 is 15.2 Å². The Morgan fingerprint density at radius 1 is 1.26 bits per heavy atom. The van der Waals surface area contributed by atoms with Crippen LogP contribution in [0.25, 0.3) is 0 Å². The number of carbonyl (C=O) groups excluding carboxylic acids is 2. The van der Waals surface area contributed by atoms with Crippen LogP contribution in [0.15, 0.2) is 24.3 Å². The van der Waals surface area contributed by atoms with E-state index in [-0.39, 0.29) is 6.42 Å². The molecule has 7 nitrogen and oxygen atoms in total. The molecule has 2 amide bonds. The summed E-state index contributed by atoms with van der Waals surface area (Å²) < 4.78 is 29.3. The topological polar surface area (TPSA) is 116 Å². The van der Waals surface area contributed by atoms with Crippen LogP contribution in [0, 0.1) is 0 Å². The minimum absolute atomic E-state index is 0.123. The van der Waals surface area contributed by atoms with Crippen molar-refractivity contribution in [2.24, 2.45) is 5.73 Å². The van der Waals surface area contributed by atoms with Gasteiger partial charge in [-0.05, 0) is 17.7 Å². The molecule has 0 saturated carbocycles. The van der Waals surface area contributed by atoms with E-state index in [9.17, 15) is 18.0 Å². The summed E-state index contributed by atoms with van der Waals surface area (Å²) in [5, 5.41) is 0. The Kier molecular flexibility index (Phi) is 4.87. The fourth-order valence-electron chi connectivity index (χ4n) is 1.36. The van der Waals surface area contributed by atoms with E-state index >= 15 is 0 Å². The predicted octanol–water partition coefficient (Wildman–Crippen LogP) is -0.831. The number of primary amides is 1. The van der Waals surface area contributed by atoms with Gasteiger partial charge in [-0.2, -0.15) is 0 Å². The third-order valence-electron chi connectivity index (χ3n) is 2.13. The second-order valence-corrected chi connectivity index (χ2v) is 5.50. The highest BCUT2D eigenvalue weighted by atomic mass is 32.2. The fourth-order valence-corrected chi connectivity index (χ4v) is 2.23. The smallest absolute Gasteiger partial charge is 0.243 e. The van der Waals surface area contributed by atoms with Gasteiger partial charge in [0.1, 0.15) is 11.5 Å². The molecular formula is C11H14N2O5S. The third-order valence-corrected chi connectivity index (χ3v) is 3.33. The van der Waals surface area contributed by atoms with Crippen LogP contribution in [0.4, 0.5) is 0 Å². The Morgan fingerprint density at radius 2 is 1.84 bits per heavy atom. The van der Waals surface area contributed by atoms with Crippen molar-refractivity contribution in [2.75, 3.05) is 12.9 Å². The Balaban J connectivity index is 2.62. The maximum atomic E-state index is 11.5. The van der Waals surface area contributed by atoms with Gasteiger partial charge in [0.05, 0.1) is 13.5 Å². The van der Waals surface area contributed by atoms with E-state index in [2.05, 4.69) is 0 Å². The molecule has 0 radical (unpaired) electrons. The quantitative estimate of drug-likeness (QED) is 0.708. The molecule has 0 heterocycles. The van der Waals surface area contributed by atoms with Crippen LogP contribution in [0.2, 0.25) is 0 Å². The lowest BCUT2D eigenvalue weighted by atomic mass is 10.1. The number of hydrogen-bond donors (Lipinski definition) is 2. The minimum atomic E-state index is -4.01. The van der Waals surface area contributed by atoms with Gasteiger partial charge in [-0.25, -0.2) is 8.42 Å². The first-order valence-electron chi connectivity index (χ1n) is 5.27. The largest absolute Gasteiger partial charge is 0.497 e. The summed E-state index contributed by atoms with van der Waals surface area (Å²) in [5.74, 6) is -2.04. The second-order valence-electron chi connectivity index (χ2n) is 3.78. The number of carbonyl (C=O) groups is 2. The van der Waals surface area contributed by atoms with E-state index in [0.717, 1.165) is 0 Å². The predicted molar refractivity (Wildman–Crippen MR) is 67.8 cm³/mol. The van der Waals surface area contributed by atoms with Gasteiger partial charge < -0.3 is 10.5 Å². The van der Waals surface area contributed by atoms with E-state index < -0.39 is 27.6 Å². The molecule has 0 saturated heterocycles. The van der Waals surface area contributed by atoms with Gasteiger partial charge in [0.15, 0.2) is 0 Å². The van der Waals surface area contributed by atoms with Crippen LogP contribution in [-0.2, 0) is 26.0 Å². The summed E-state index contributed by atoms with van der Waals surface area (Å²) in [7, 11) is -2.50. The first kappa shape index (κ1) is 15.0. The van der Waals surface area contributed by atoms with Crippen molar-refractivity contribution >= 4 is 21.8 Å². The van der Waals surface area contributed by atoms with E-state index in [1.165, 1.54) is 7.11 Å².